The summed E-state index contributed by atoms with van der Waals surface area (Å²) in [5, 5.41) is 7.72. The van der Waals surface area contributed by atoms with Gasteiger partial charge in [-0.2, -0.15) is 0 Å². The third kappa shape index (κ3) is 3.57. The normalized spacial score (nSPS) is 25.2. The van der Waals surface area contributed by atoms with E-state index in [0.717, 1.165) is 37.0 Å². The Morgan fingerprint density at radius 3 is 2.74 bits per heavy atom. The van der Waals surface area contributed by atoms with Gasteiger partial charge < -0.3 is 9.84 Å². The third-order valence-corrected chi connectivity index (χ3v) is 4.08. The zero-order chi connectivity index (χ0) is 14.0. The molecule has 1 aromatic heterocycles. The predicted molar refractivity (Wildman–Crippen MR) is 77.1 cm³/mol. The van der Waals surface area contributed by atoms with Crippen molar-refractivity contribution in [2.75, 3.05) is 13.1 Å². The lowest BCUT2D eigenvalue weighted by Crippen LogP contribution is -2.55. The molecule has 1 aliphatic heterocycles. The maximum atomic E-state index is 5.27. The Morgan fingerprint density at radius 2 is 2.16 bits per heavy atom. The highest BCUT2D eigenvalue weighted by Crippen LogP contribution is 2.20. The zero-order valence-corrected chi connectivity index (χ0v) is 12.9. The standard InChI is InChI=1S/C15H27N3O/c1-10(2)6-14-8-18(11(3)7-16-14)9-15-12(4)17-19-13(15)5/h10-11,14,16H,6-9H2,1-5H3. The fourth-order valence-corrected chi connectivity index (χ4v) is 2.87. The first kappa shape index (κ1) is 14.5. The fraction of sp³-hybridized carbons (Fsp3) is 0.800. The lowest BCUT2D eigenvalue weighted by atomic mass is 9.99. The molecular formula is C15H27N3O. The monoisotopic (exact) mass is 265 g/mol. The Hall–Kier alpha value is -0.870. The van der Waals surface area contributed by atoms with E-state index in [9.17, 15) is 0 Å². The van der Waals surface area contributed by atoms with E-state index in [4.69, 9.17) is 4.52 Å². The maximum Gasteiger partial charge on any atom is 0.138 e. The largest absolute Gasteiger partial charge is 0.361 e. The molecule has 0 radical (unpaired) electrons. The highest BCUT2D eigenvalue weighted by Gasteiger charge is 2.26. The summed E-state index contributed by atoms with van der Waals surface area (Å²) in [5.74, 6) is 1.70. The minimum Gasteiger partial charge on any atom is -0.361 e. The lowest BCUT2D eigenvalue weighted by Gasteiger charge is -2.39. The van der Waals surface area contributed by atoms with Gasteiger partial charge in [0.25, 0.3) is 0 Å². The molecule has 4 nitrogen and oxygen atoms in total. The summed E-state index contributed by atoms with van der Waals surface area (Å²) >= 11 is 0. The smallest absolute Gasteiger partial charge is 0.138 e. The Labute approximate surface area is 116 Å². The first-order valence-corrected chi connectivity index (χ1v) is 7.36. The predicted octanol–water partition coefficient (Wildman–Crippen LogP) is 2.50. The third-order valence-electron chi connectivity index (χ3n) is 4.08. The molecule has 19 heavy (non-hydrogen) atoms. The van der Waals surface area contributed by atoms with Crippen LogP contribution in [0.25, 0.3) is 0 Å². The number of nitrogens with one attached hydrogen (secondary N) is 1. The number of aromatic nitrogens is 1. The van der Waals surface area contributed by atoms with Gasteiger partial charge in [0, 0.05) is 37.3 Å². The molecule has 2 unspecified atom stereocenters. The number of hydrogen-bond donors (Lipinski definition) is 1. The van der Waals surface area contributed by atoms with Gasteiger partial charge in [0.05, 0.1) is 5.69 Å². The van der Waals surface area contributed by atoms with Gasteiger partial charge in [-0.05, 0) is 33.1 Å². The van der Waals surface area contributed by atoms with Crippen LogP contribution in [-0.2, 0) is 6.54 Å². The van der Waals surface area contributed by atoms with Crippen molar-refractivity contribution in [3.63, 3.8) is 0 Å². The molecule has 1 aromatic rings. The minimum atomic E-state index is 0.567. The molecular weight excluding hydrogens is 238 g/mol. The number of piperazine rings is 1. The molecule has 1 saturated heterocycles. The van der Waals surface area contributed by atoms with E-state index in [2.05, 4.69) is 36.1 Å². The summed E-state index contributed by atoms with van der Waals surface area (Å²) in [6, 6.07) is 1.17. The van der Waals surface area contributed by atoms with Crippen LogP contribution in [0, 0.1) is 19.8 Å². The van der Waals surface area contributed by atoms with E-state index in [1.54, 1.807) is 0 Å². The topological polar surface area (TPSA) is 41.3 Å². The van der Waals surface area contributed by atoms with Gasteiger partial charge in [-0.3, -0.25) is 4.90 Å². The summed E-state index contributed by atoms with van der Waals surface area (Å²) in [6.07, 6.45) is 1.24. The van der Waals surface area contributed by atoms with Crippen molar-refractivity contribution < 1.29 is 4.52 Å². The SMILES string of the molecule is Cc1noc(C)c1CN1CC(CC(C)C)NCC1C. The van der Waals surface area contributed by atoms with Crippen molar-refractivity contribution in [1.82, 2.24) is 15.4 Å². The van der Waals surface area contributed by atoms with Crippen molar-refractivity contribution in [2.24, 2.45) is 5.92 Å². The van der Waals surface area contributed by atoms with Gasteiger partial charge in [0.2, 0.25) is 0 Å². The summed E-state index contributed by atoms with van der Waals surface area (Å²) < 4.78 is 5.27. The van der Waals surface area contributed by atoms with Crippen molar-refractivity contribution in [3.8, 4) is 0 Å². The number of rotatable bonds is 4. The van der Waals surface area contributed by atoms with Gasteiger partial charge in [-0.1, -0.05) is 19.0 Å². The molecule has 1 fully saturated rings. The molecule has 2 rings (SSSR count). The Morgan fingerprint density at radius 1 is 1.42 bits per heavy atom. The molecule has 1 N–H and O–H groups in total. The second-order valence-electron chi connectivity index (χ2n) is 6.32. The first-order chi connectivity index (χ1) is 8.97. The molecule has 0 amide bonds. The van der Waals surface area contributed by atoms with Crippen molar-refractivity contribution in [3.05, 3.63) is 17.0 Å². The van der Waals surface area contributed by atoms with Crippen molar-refractivity contribution in [2.45, 2.75) is 59.7 Å². The van der Waals surface area contributed by atoms with Crippen molar-refractivity contribution in [1.29, 1.82) is 0 Å². The molecule has 0 aliphatic carbocycles. The van der Waals surface area contributed by atoms with Crippen LogP contribution < -0.4 is 5.32 Å². The van der Waals surface area contributed by atoms with E-state index < -0.39 is 0 Å². The molecule has 2 heterocycles. The van der Waals surface area contributed by atoms with Crippen LogP contribution in [0.1, 0.15) is 44.2 Å². The quantitative estimate of drug-likeness (QED) is 0.908. The minimum absolute atomic E-state index is 0.567. The molecule has 0 saturated carbocycles. The van der Waals surface area contributed by atoms with E-state index in [-0.39, 0.29) is 0 Å². The average molecular weight is 265 g/mol. The van der Waals surface area contributed by atoms with Gasteiger partial charge >= 0.3 is 0 Å². The van der Waals surface area contributed by atoms with Crippen LogP contribution in [0.2, 0.25) is 0 Å². The van der Waals surface area contributed by atoms with E-state index in [1.165, 1.54) is 12.0 Å². The van der Waals surface area contributed by atoms with E-state index in [0.29, 0.717) is 12.1 Å². The Balaban J connectivity index is 2.01. The molecule has 0 aromatic carbocycles. The van der Waals surface area contributed by atoms with Gasteiger partial charge in [-0.15, -0.1) is 0 Å². The second-order valence-corrected chi connectivity index (χ2v) is 6.32. The Kier molecular flexibility index (Phi) is 4.63. The second kappa shape index (κ2) is 6.06. The molecule has 108 valence electrons. The highest BCUT2D eigenvalue weighted by molar-refractivity contribution is 5.20. The number of hydrogen-bond acceptors (Lipinski definition) is 4. The summed E-state index contributed by atoms with van der Waals surface area (Å²) in [4.78, 5) is 2.55. The van der Waals surface area contributed by atoms with Gasteiger partial charge in [0.15, 0.2) is 0 Å². The van der Waals surface area contributed by atoms with Crippen LogP contribution in [0.3, 0.4) is 0 Å². The molecule has 2 atom stereocenters. The van der Waals surface area contributed by atoms with E-state index in [1.807, 2.05) is 13.8 Å². The van der Waals surface area contributed by atoms with Gasteiger partial charge in [0.1, 0.15) is 5.76 Å². The lowest BCUT2D eigenvalue weighted by molar-refractivity contribution is 0.124. The zero-order valence-electron chi connectivity index (χ0n) is 12.9. The van der Waals surface area contributed by atoms with Gasteiger partial charge in [-0.25, -0.2) is 0 Å². The van der Waals surface area contributed by atoms with Crippen molar-refractivity contribution >= 4 is 0 Å². The number of nitrogens with zero attached hydrogens (tertiary/aromatic N) is 2. The average Bonchev–Trinajstić information content (AvgIpc) is 2.64. The number of aryl methyl sites for hydroxylation is 2. The van der Waals surface area contributed by atoms with Crippen LogP contribution in [-0.4, -0.2) is 35.2 Å². The molecule has 0 spiro atoms. The van der Waals surface area contributed by atoms with Crippen LogP contribution in [0.5, 0.6) is 0 Å². The molecule has 0 bridgehead atoms. The van der Waals surface area contributed by atoms with E-state index >= 15 is 0 Å². The highest BCUT2D eigenvalue weighted by atomic mass is 16.5. The Bertz CT molecular complexity index is 394. The summed E-state index contributed by atoms with van der Waals surface area (Å²) in [7, 11) is 0. The maximum absolute atomic E-state index is 5.27. The van der Waals surface area contributed by atoms with Crippen LogP contribution in [0.15, 0.2) is 4.52 Å². The first-order valence-electron chi connectivity index (χ1n) is 7.36. The molecule has 4 heteroatoms. The summed E-state index contributed by atoms with van der Waals surface area (Å²) in [5.41, 5.74) is 2.29. The van der Waals surface area contributed by atoms with Crippen LogP contribution >= 0.6 is 0 Å². The molecule has 1 aliphatic rings. The summed E-state index contributed by atoms with van der Waals surface area (Å²) in [6.45, 7) is 14.0. The fourth-order valence-electron chi connectivity index (χ4n) is 2.87. The van der Waals surface area contributed by atoms with Crippen LogP contribution in [0.4, 0.5) is 0 Å².